The van der Waals surface area contributed by atoms with Gasteiger partial charge in [-0.25, -0.2) is 0 Å². The molecule has 106 valence electrons. The summed E-state index contributed by atoms with van der Waals surface area (Å²) in [7, 11) is 0. The molecule has 1 saturated carbocycles. The SMILES string of the molecule is CC1CCCN(Cc2occc2CNC2CC2)CC1. The topological polar surface area (TPSA) is 28.4 Å². The van der Waals surface area contributed by atoms with E-state index in [0.29, 0.717) is 0 Å². The Bertz CT molecular complexity index is 397. The zero-order valence-electron chi connectivity index (χ0n) is 12.0. The second-order valence-corrected chi connectivity index (χ2v) is 6.34. The quantitative estimate of drug-likeness (QED) is 0.883. The maximum atomic E-state index is 5.71. The number of furan rings is 1. The van der Waals surface area contributed by atoms with Crippen molar-refractivity contribution in [3.8, 4) is 0 Å². The van der Waals surface area contributed by atoms with Crippen LogP contribution in [0.1, 0.15) is 50.4 Å². The highest BCUT2D eigenvalue weighted by molar-refractivity contribution is 5.17. The minimum atomic E-state index is 0.766. The minimum Gasteiger partial charge on any atom is -0.468 e. The Morgan fingerprint density at radius 1 is 1.26 bits per heavy atom. The summed E-state index contributed by atoms with van der Waals surface area (Å²) >= 11 is 0. The Balaban J connectivity index is 1.54. The molecule has 2 fully saturated rings. The van der Waals surface area contributed by atoms with Gasteiger partial charge in [0.25, 0.3) is 0 Å². The molecule has 3 nitrogen and oxygen atoms in total. The minimum absolute atomic E-state index is 0.766. The van der Waals surface area contributed by atoms with Crippen LogP contribution in [0.5, 0.6) is 0 Å². The van der Waals surface area contributed by atoms with Crippen molar-refractivity contribution in [3.63, 3.8) is 0 Å². The molecule has 3 heteroatoms. The normalized spacial score (nSPS) is 25.4. The smallest absolute Gasteiger partial charge is 0.122 e. The molecule has 2 heterocycles. The average molecular weight is 262 g/mol. The van der Waals surface area contributed by atoms with E-state index in [2.05, 4.69) is 23.2 Å². The lowest BCUT2D eigenvalue weighted by Crippen LogP contribution is -2.25. The van der Waals surface area contributed by atoms with Crippen molar-refractivity contribution in [3.05, 3.63) is 23.7 Å². The van der Waals surface area contributed by atoms with Gasteiger partial charge < -0.3 is 9.73 Å². The maximum Gasteiger partial charge on any atom is 0.122 e. The van der Waals surface area contributed by atoms with Crippen LogP contribution in [-0.2, 0) is 13.1 Å². The Morgan fingerprint density at radius 2 is 2.16 bits per heavy atom. The lowest BCUT2D eigenvalue weighted by Gasteiger charge is -2.19. The zero-order chi connectivity index (χ0) is 13.1. The van der Waals surface area contributed by atoms with Gasteiger partial charge in [-0.05, 0) is 57.2 Å². The van der Waals surface area contributed by atoms with Crippen LogP contribution in [0.4, 0.5) is 0 Å². The molecule has 2 aliphatic rings. The summed E-state index contributed by atoms with van der Waals surface area (Å²) in [6, 6.07) is 2.90. The molecule has 0 amide bonds. The van der Waals surface area contributed by atoms with E-state index in [1.807, 2.05) is 6.26 Å². The molecule has 1 unspecified atom stereocenters. The predicted molar refractivity (Wildman–Crippen MR) is 76.9 cm³/mol. The largest absolute Gasteiger partial charge is 0.468 e. The summed E-state index contributed by atoms with van der Waals surface area (Å²) < 4.78 is 5.71. The van der Waals surface area contributed by atoms with Gasteiger partial charge in [-0.2, -0.15) is 0 Å². The summed E-state index contributed by atoms with van der Waals surface area (Å²) in [4.78, 5) is 2.56. The van der Waals surface area contributed by atoms with Crippen LogP contribution in [0.3, 0.4) is 0 Å². The molecule has 1 aliphatic carbocycles. The summed E-state index contributed by atoms with van der Waals surface area (Å²) in [6.07, 6.45) is 8.58. The van der Waals surface area contributed by atoms with Crippen molar-refractivity contribution < 1.29 is 4.42 Å². The molecule has 1 atom stereocenters. The lowest BCUT2D eigenvalue weighted by molar-refractivity contribution is 0.249. The number of hydrogen-bond acceptors (Lipinski definition) is 3. The van der Waals surface area contributed by atoms with Crippen molar-refractivity contribution in [1.82, 2.24) is 10.2 Å². The highest BCUT2D eigenvalue weighted by atomic mass is 16.3. The van der Waals surface area contributed by atoms with E-state index >= 15 is 0 Å². The van der Waals surface area contributed by atoms with Crippen LogP contribution in [0.25, 0.3) is 0 Å². The van der Waals surface area contributed by atoms with E-state index in [1.54, 1.807) is 0 Å². The third-order valence-corrected chi connectivity index (χ3v) is 4.47. The van der Waals surface area contributed by atoms with Gasteiger partial charge in [0.2, 0.25) is 0 Å². The van der Waals surface area contributed by atoms with Crippen molar-refractivity contribution in [2.75, 3.05) is 13.1 Å². The molecule has 1 saturated heterocycles. The molecule has 1 aromatic heterocycles. The Kier molecular flexibility index (Phi) is 4.24. The predicted octanol–water partition coefficient (Wildman–Crippen LogP) is 3.15. The first kappa shape index (κ1) is 13.2. The van der Waals surface area contributed by atoms with Crippen LogP contribution in [-0.4, -0.2) is 24.0 Å². The molecule has 3 rings (SSSR count). The number of rotatable bonds is 5. The van der Waals surface area contributed by atoms with E-state index in [-0.39, 0.29) is 0 Å². The van der Waals surface area contributed by atoms with Crippen LogP contribution in [0.15, 0.2) is 16.7 Å². The number of nitrogens with zero attached hydrogens (tertiary/aromatic N) is 1. The third kappa shape index (κ3) is 3.83. The van der Waals surface area contributed by atoms with E-state index in [1.165, 1.54) is 56.5 Å². The van der Waals surface area contributed by atoms with Gasteiger partial charge in [-0.3, -0.25) is 4.90 Å². The Hall–Kier alpha value is -0.800. The molecule has 1 aliphatic heterocycles. The Labute approximate surface area is 116 Å². The highest BCUT2D eigenvalue weighted by Gasteiger charge is 2.21. The first-order valence-corrected chi connectivity index (χ1v) is 7.82. The molecule has 0 aromatic carbocycles. The molecular weight excluding hydrogens is 236 g/mol. The molecule has 0 bridgehead atoms. The summed E-state index contributed by atoms with van der Waals surface area (Å²) in [6.45, 7) is 6.78. The van der Waals surface area contributed by atoms with E-state index in [0.717, 1.165) is 25.0 Å². The summed E-state index contributed by atoms with van der Waals surface area (Å²) in [5.74, 6) is 2.06. The lowest BCUT2D eigenvalue weighted by atomic mass is 10.0. The fraction of sp³-hybridized carbons (Fsp3) is 0.750. The highest BCUT2D eigenvalue weighted by Crippen LogP contribution is 2.22. The van der Waals surface area contributed by atoms with Gasteiger partial charge in [0, 0.05) is 18.2 Å². The van der Waals surface area contributed by atoms with Crippen LogP contribution < -0.4 is 5.32 Å². The van der Waals surface area contributed by atoms with Gasteiger partial charge >= 0.3 is 0 Å². The molecule has 19 heavy (non-hydrogen) atoms. The van der Waals surface area contributed by atoms with Crippen molar-refractivity contribution >= 4 is 0 Å². The summed E-state index contributed by atoms with van der Waals surface area (Å²) in [5.41, 5.74) is 1.35. The number of likely N-dealkylation sites (tertiary alicyclic amines) is 1. The fourth-order valence-corrected chi connectivity index (χ4v) is 2.89. The molecule has 1 aromatic rings. The third-order valence-electron chi connectivity index (χ3n) is 4.47. The standard InChI is InChI=1S/C16H26N2O/c1-13-3-2-8-18(9-6-13)12-16-14(7-10-19-16)11-17-15-4-5-15/h7,10,13,15,17H,2-6,8-9,11-12H2,1H3. The first-order valence-electron chi connectivity index (χ1n) is 7.82. The summed E-state index contributed by atoms with van der Waals surface area (Å²) in [5, 5.41) is 3.58. The second-order valence-electron chi connectivity index (χ2n) is 6.34. The number of hydrogen-bond donors (Lipinski definition) is 1. The van der Waals surface area contributed by atoms with E-state index in [9.17, 15) is 0 Å². The molecular formula is C16H26N2O. The molecule has 1 N–H and O–H groups in total. The first-order chi connectivity index (χ1) is 9.31. The molecule has 0 radical (unpaired) electrons. The van der Waals surface area contributed by atoms with Crippen LogP contribution in [0.2, 0.25) is 0 Å². The van der Waals surface area contributed by atoms with Crippen molar-refractivity contribution in [2.24, 2.45) is 5.92 Å². The molecule has 0 spiro atoms. The number of nitrogens with one attached hydrogen (secondary N) is 1. The van der Waals surface area contributed by atoms with Crippen molar-refractivity contribution in [1.29, 1.82) is 0 Å². The van der Waals surface area contributed by atoms with E-state index in [4.69, 9.17) is 4.42 Å². The van der Waals surface area contributed by atoms with Gasteiger partial charge in [-0.15, -0.1) is 0 Å². The van der Waals surface area contributed by atoms with Gasteiger partial charge in [-0.1, -0.05) is 6.92 Å². The maximum absolute atomic E-state index is 5.71. The monoisotopic (exact) mass is 262 g/mol. The second kappa shape index (κ2) is 6.10. The zero-order valence-corrected chi connectivity index (χ0v) is 12.0. The van der Waals surface area contributed by atoms with Gasteiger partial charge in [0.15, 0.2) is 0 Å². The van der Waals surface area contributed by atoms with Gasteiger partial charge in [0.1, 0.15) is 5.76 Å². The van der Waals surface area contributed by atoms with Crippen molar-refractivity contribution in [2.45, 2.75) is 58.2 Å². The average Bonchev–Trinajstić information content (AvgIpc) is 3.16. The van der Waals surface area contributed by atoms with E-state index < -0.39 is 0 Å². The van der Waals surface area contributed by atoms with Crippen LogP contribution in [0, 0.1) is 5.92 Å². The Morgan fingerprint density at radius 3 is 3.00 bits per heavy atom. The van der Waals surface area contributed by atoms with Gasteiger partial charge in [0.05, 0.1) is 12.8 Å². The fourth-order valence-electron chi connectivity index (χ4n) is 2.89. The van der Waals surface area contributed by atoms with Crippen LogP contribution >= 0.6 is 0 Å².